The predicted octanol–water partition coefficient (Wildman–Crippen LogP) is 0.751. The molecule has 3 rings (SSSR count). The van der Waals surface area contributed by atoms with Crippen molar-refractivity contribution < 1.29 is 9.59 Å². The first-order chi connectivity index (χ1) is 10.6. The molecule has 0 aliphatic rings. The van der Waals surface area contributed by atoms with Gasteiger partial charge >= 0.3 is 0 Å². The van der Waals surface area contributed by atoms with E-state index in [0.29, 0.717) is 11.8 Å². The zero-order valence-electron chi connectivity index (χ0n) is 11.7. The second-order valence-electron chi connectivity index (χ2n) is 4.59. The molecular formula is C13H13N7O2. The molecule has 0 radical (unpaired) electrons. The van der Waals surface area contributed by atoms with E-state index in [1.165, 1.54) is 17.9 Å². The number of carbonyl (C=O) groups is 2. The Morgan fingerprint density at radius 1 is 1.27 bits per heavy atom. The molecule has 0 spiro atoms. The van der Waals surface area contributed by atoms with E-state index in [2.05, 4.69) is 30.8 Å². The van der Waals surface area contributed by atoms with E-state index in [1.807, 2.05) is 24.3 Å². The summed E-state index contributed by atoms with van der Waals surface area (Å²) < 4.78 is 0. The molecule has 112 valence electrons. The summed E-state index contributed by atoms with van der Waals surface area (Å²) in [6, 6.07) is 7.46. The summed E-state index contributed by atoms with van der Waals surface area (Å²) in [6.07, 6.45) is 1.37. The molecule has 0 aliphatic carbocycles. The monoisotopic (exact) mass is 299 g/mol. The van der Waals surface area contributed by atoms with Crippen molar-refractivity contribution in [2.75, 3.05) is 10.6 Å². The SMILES string of the molecule is CC(=O)Nc1cnn(CC(=O)Nc2nc3ccccc3[nH]2)n1. The number of H-pyrrole nitrogens is 1. The van der Waals surface area contributed by atoms with Crippen LogP contribution in [0.4, 0.5) is 11.8 Å². The quantitative estimate of drug-likeness (QED) is 0.657. The molecule has 9 nitrogen and oxygen atoms in total. The summed E-state index contributed by atoms with van der Waals surface area (Å²) in [5, 5.41) is 13.0. The summed E-state index contributed by atoms with van der Waals surface area (Å²) in [7, 11) is 0. The van der Waals surface area contributed by atoms with Gasteiger partial charge in [0.05, 0.1) is 17.2 Å². The number of hydrogen-bond donors (Lipinski definition) is 3. The second kappa shape index (κ2) is 5.64. The van der Waals surface area contributed by atoms with Crippen LogP contribution in [-0.4, -0.2) is 36.8 Å². The number of carbonyl (C=O) groups excluding carboxylic acids is 2. The molecule has 9 heteroatoms. The molecule has 3 aromatic rings. The van der Waals surface area contributed by atoms with Crippen molar-refractivity contribution in [1.82, 2.24) is 25.0 Å². The minimum atomic E-state index is -0.330. The van der Waals surface area contributed by atoms with Gasteiger partial charge in [-0.05, 0) is 12.1 Å². The van der Waals surface area contributed by atoms with Crippen LogP contribution in [0.2, 0.25) is 0 Å². The number of anilines is 2. The van der Waals surface area contributed by atoms with Gasteiger partial charge in [0.1, 0.15) is 6.54 Å². The highest BCUT2D eigenvalue weighted by atomic mass is 16.2. The second-order valence-corrected chi connectivity index (χ2v) is 4.59. The Morgan fingerprint density at radius 3 is 2.86 bits per heavy atom. The average Bonchev–Trinajstić information content (AvgIpc) is 3.03. The van der Waals surface area contributed by atoms with Crippen molar-refractivity contribution in [2.24, 2.45) is 0 Å². The first-order valence-corrected chi connectivity index (χ1v) is 6.52. The van der Waals surface area contributed by atoms with E-state index in [-0.39, 0.29) is 18.4 Å². The number of aromatic nitrogens is 5. The minimum absolute atomic E-state index is 0.0867. The number of hydrogen-bond acceptors (Lipinski definition) is 5. The van der Waals surface area contributed by atoms with Crippen LogP contribution in [0.3, 0.4) is 0 Å². The van der Waals surface area contributed by atoms with Crippen LogP contribution in [0, 0.1) is 0 Å². The fraction of sp³-hybridized carbons (Fsp3) is 0.154. The van der Waals surface area contributed by atoms with Crippen LogP contribution < -0.4 is 10.6 Å². The van der Waals surface area contributed by atoms with E-state index in [0.717, 1.165) is 11.0 Å². The van der Waals surface area contributed by atoms with Gasteiger partial charge in [-0.3, -0.25) is 14.9 Å². The van der Waals surface area contributed by atoms with Crippen LogP contribution in [0.15, 0.2) is 30.5 Å². The minimum Gasteiger partial charge on any atom is -0.324 e. The Hall–Kier alpha value is -3.23. The van der Waals surface area contributed by atoms with Gasteiger partial charge in [-0.25, -0.2) is 4.98 Å². The maximum absolute atomic E-state index is 11.9. The summed E-state index contributed by atoms with van der Waals surface area (Å²) in [5.41, 5.74) is 1.60. The van der Waals surface area contributed by atoms with Gasteiger partial charge in [0.25, 0.3) is 0 Å². The number of rotatable bonds is 4. The van der Waals surface area contributed by atoms with Gasteiger partial charge in [-0.2, -0.15) is 9.90 Å². The van der Waals surface area contributed by atoms with E-state index >= 15 is 0 Å². The van der Waals surface area contributed by atoms with Crippen LogP contribution in [0.25, 0.3) is 11.0 Å². The molecule has 0 saturated carbocycles. The third kappa shape index (κ3) is 3.08. The summed E-state index contributed by atoms with van der Waals surface area (Å²) in [6.45, 7) is 1.28. The highest BCUT2D eigenvalue weighted by Crippen LogP contribution is 2.13. The van der Waals surface area contributed by atoms with Gasteiger partial charge in [0.2, 0.25) is 17.8 Å². The summed E-state index contributed by atoms with van der Waals surface area (Å²) >= 11 is 0. The molecule has 0 atom stereocenters. The number of amides is 2. The molecule has 2 amide bonds. The van der Waals surface area contributed by atoms with Gasteiger partial charge in [-0.15, -0.1) is 5.10 Å². The van der Waals surface area contributed by atoms with Gasteiger partial charge in [0, 0.05) is 6.92 Å². The fourth-order valence-corrected chi connectivity index (χ4v) is 1.92. The Morgan fingerprint density at radius 2 is 2.09 bits per heavy atom. The normalized spacial score (nSPS) is 10.6. The first-order valence-electron chi connectivity index (χ1n) is 6.52. The molecule has 22 heavy (non-hydrogen) atoms. The Bertz CT molecular complexity index is 803. The Labute approximate surface area is 124 Å². The number of benzene rings is 1. The number of para-hydroxylation sites is 2. The van der Waals surface area contributed by atoms with Crippen molar-refractivity contribution >= 4 is 34.6 Å². The van der Waals surface area contributed by atoms with E-state index in [9.17, 15) is 9.59 Å². The predicted molar refractivity (Wildman–Crippen MR) is 79.0 cm³/mol. The standard InChI is InChI=1S/C13H13N7O2/c1-8(21)15-11-6-14-20(19-11)7-12(22)18-13-16-9-4-2-3-5-10(9)17-13/h2-6H,7H2,1H3,(H,15,19,21)(H2,16,17,18,22). The van der Waals surface area contributed by atoms with E-state index in [4.69, 9.17) is 0 Å². The van der Waals surface area contributed by atoms with Gasteiger partial charge < -0.3 is 10.3 Å². The summed E-state index contributed by atoms with van der Waals surface area (Å²) in [5.74, 6) is 0.0762. The average molecular weight is 299 g/mol. The lowest BCUT2D eigenvalue weighted by atomic mass is 10.3. The molecule has 1 aromatic carbocycles. The molecule has 0 aliphatic heterocycles. The third-order valence-electron chi connectivity index (χ3n) is 2.77. The Balaban J connectivity index is 1.64. The van der Waals surface area contributed by atoms with Crippen molar-refractivity contribution in [3.05, 3.63) is 30.5 Å². The lowest BCUT2D eigenvalue weighted by molar-refractivity contribution is -0.117. The number of fused-ring (bicyclic) bond motifs is 1. The molecule has 3 N–H and O–H groups in total. The molecule has 2 heterocycles. The third-order valence-corrected chi connectivity index (χ3v) is 2.77. The highest BCUT2D eigenvalue weighted by molar-refractivity contribution is 5.91. The van der Waals surface area contributed by atoms with Crippen LogP contribution in [-0.2, 0) is 16.1 Å². The van der Waals surface area contributed by atoms with Crippen molar-refractivity contribution in [3.8, 4) is 0 Å². The van der Waals surface area contributed by atoms with Crippen molar-refractivity contribution in [3.63, 3.8) is 0 Å². The molecular weight excluding hydrogens is 286 g/mol. The van der Waals surface area contributed by atoms with Crippen LogP contribution in [0.5, 0.6) is 0 Å². The number of aromatic amines is 1. The maximum atomic E-state index is 11.9. The zero-order chi connectivity index (χ0) is 15.5. The largest absolute Gasteiger partial charge is 0.324 e. The first kappa shape index (κ1) is 13.7. The number of imidazole rings is 1. The molecule has 0 unspecified atom stereocenters. The molecule has 2 aromatic heterocycles. The van der Waals surface area contributed by atoms with Gasteiger partial charge in [0.15, 0.2) is 5.82 Å². The maximum Gasteiger partial charge on any atom is 0.250 e. The van der Waals surface area contributed by atoms with Crippen molar-refractivity contribution in [1.29, 1.82) is 0 Å². The number of nitrogens with one attached hydrogen (secondary N) is 3. The Kier molecular flexibility index (Phi) is 3.52. The molecule has 0 saturated heterocycles. The highest BCUT2D eigenvalue weighted by Gasteiger charge is 2.09. The van der Waals surface area contributed by atoms with Gasteiger partial charge in [-0.1, -0.05) is 12.1 Å². The molecule has 0 bridgehead atoms. The topological polar surface area (TPSA) is 118 Å². The van der Waals surface area contributed by atoms with E-state index < -0.39 is 0 Å². The lowest BCUT2D eigenvalue weighted by Gasteiger charge is -2.00. The smallest absolute Gasteiger partial charge is 0.250 e. The zero-order valence-corrected chi connectivity index (χ0v) is 11.7. The lowest BCUT2D eigenvalue weighted by Crippen LogP contribution is -2.21. The number of nitrogens with zero attached hydrogens (tertiary/aromatic N) is 4. The van der Waals surface area contributed by atoms with Crippen LogP contribution in [0.1, 0.15) is 6.92 Å². The summed E-state index contributed by atoms with van der Waals surface area (Å²) in [4.78, 5) is 31.2. The fourth-order valence-electron chi connectivity index (χ4n) is 1.92. The van der Waals surface area contributed by atoms with Crippen molar-refractivity contribution in [2.45, 2.75) is 13.5 Å². The van der Waals surface area contributed by atoms with Crippen LogP contribution >= 0.6 is 0 Å². The van der Waals surface area contributed by atoms with E-state index in [1.54, 1.807) is 0 Å². The molecule has 0 fully saturated rings.